The second-order valence-corrected chi connectivity index (χ2v) is 6.02. The molecule has 0 atom stereocenters. The van der Waals surface area contributed by atoms with Gasteiger partial charge in [0.05, 0.1) is 0 Å². The van der Waals surface area contributed by atoms with Gasteiger partial charge in [-0.3, -0.25) is 0 Å². The van der Waals surface area contributed by atoms with Crippen LogP contribution in [0.25, 0.3) is 0 Å². The van der Waals surface area contributed by atoms with E-state index in [1.54, 1.807) is 11.8 Å². The molecule has 0 aliphatic carbocycles. The number of aliphatic hydroxyl groups is 1. The van der Waals surface area contributed by atoms with Crippen molar-refractivity contribution in [2.75, 3.05) is 25.4 Å². The van der Waals surface area contributed by atoms with Crippen molar-refractivity contribution in [3.63, 3.8) is 0 Å². The van der Waals surface area contributed by atoms with E-state index in [1.165, 1.54) is 32.4 Å². The SMILES string of the molecule is CCCn1c(CO)nnc1SCCN1CCCCC1. The molecule has 1 aromatic heterocycles. The molecule has 0 radical (unpaired) electrons. The number of aliphatic hydroxyl groups excluding tert-OH is 1. The van der Waals surface area contributed by atoms with Crippen molar-refractivity contribution >= 4 is 11.8 Å². The van der Waals surface area contributed by atoms with Crippen molar-refractivity contribution in [3.05, 3.63) is 5.82 Å². The van der Waals surface area contributed by atoms with Crippen LogP contribution in [0.1, 0.15) is 38.4 Å². The molecule has 1 aliphatic rings. The maximum absolute atomic E-state index is 9.25. The van der Waals surface area contributed by atoms with E-state index in [0.29, 0.717) is 5.82 Å². The summed E-state index contributed by atoms with van der Waals surface area (Å²) in [5.74, 6) is 1.73. The Kier molecular flexibility index (Phi) is 6.13. The molecule has 2 rings (SSSR count). The number of hydrogen-bond acceptors (Lipinski definition) is 5. The monoisotopic (exact) mass is 284 g/mol. The second kappa shape index (κ2) is 7.87. The Morgan fingerprint density at radius 1 is 1.16 bits per heavy atom. The predicted octanol–water partition coefficient (Wildman–Crippen LogP) is 1.76. The first-order chi connectivity index (χ1) is 9.35. The van der Waals surface area contributed by atoms with Crippen LogP contribution in [0, 0.1) is 0 Å². The molecule has 19 heavy (non-hydrogen) atoms. The van der Waals surface area contributed by atoms with E-state index in [2.05, 4.69) is 22.0 Å². The van der Waals surface area contributed by atoms with E-state index in [-0.39, 0.29) is 6.61 Å². The number of piperidine rings is 1. The molecule has 5 nitrogen and oxygen atoms in total. The number of thioether (sulfide) groups is 1. The summed E-state index contributed by atoms with van der Waals surface area (Å²) in [6, 6.07) is 0. The molecule has 1 aromatic rings. The molecule has 6 heteroatoms. The van der Waals surface area contributed by atoms with E-state index in [1.807, 2.05) is 4.57 Å². The average Bonchev–Trinajstić information content (AvgIpc) is 2.83. The lowest BCUT2D eigenvalue weighted by molar-refractivity contribution is 0.242. The van der Waals surface area contributed by atoms with Crippen LogP contribution >= 0.6 is 11.8 Å². The Balaban J connectivity index is 1.82. The van der Waals surface area contributed by atoms with Crippen molar-refractivity contribution in [1.29, 1.82) is 0 Å². The summed E-state index contributed by atoms with van der Waals surface area (Å²) in [6.45, 7) is 6.59. The minimum Gasteiger partial charge on any atom is -0.388 e. The van der Waals surface area contributed by atoms with Crippen LogP contribution in [-0.2, 0) is 13.2 Å². The zero-order valence-corrected chi connectivity index (χ0v) is 12.5. The third kappa shape index (κ3) is 4.19. The Hall–Kier alpha value is -0.590. The minimum absolute atomic E-state index is 0.0281. The molecule has 1 aliphatic heterocycles. The highest BCUT2D eigenvalue weighted by Gasteiger charge is 2.13. The molecule has 0 saturated carbocycles. The van der Waals surface area contributed by atoms with E-state index < -0.39 is 0 Å². The van der Waals surface area contributed by atoms with Gasteiger partial charge in [-0.25, -0.2) is 0 Å². The summed E-state index contributed by atoms with van der Waals surface area (Å²) in [5.41, 5.74) is 0. The van der Waals surface area contributed by atoms with E-state index in [4.69, 9.17) is 0 Å². The molecule has 0 spiro atoms. The standard InChI is InChI=1S/C13H24N4OS/c1-2-6-17-12(11-18)14-15-13(17)19-10-9-16-7-4-3-5-8-16/h18H,2-11H2,1H3. The number of nitrogens with zero attached hydrogens (tertiary/aromatic N) is 4. The van der Waals surface area contributed by atoms with Gasteiger partial charge >= 0.3 is 0 Å². The number of hydrogen-bond donors (Lipinski definition) is 1. The second-order valence-electron chi connectivity index (χ2n) is 4.96. The predicted molar refractivity (Wildman–Crippen MR) is 77.3 cm³/mol. The maximum Gasteiger partial charge on any atom is 0.191 e. The fourth-order valence-corrected chi connectivity index (χ4v) is 3.42. The molecule has 0 unspecified atom stereocenters. The molecule has 0 bridgehead atoms. The molecule has 1 saturated heterocycles. The van der Waals surface area contributed by atoms with E-state index >= 15 is 0 Å². The highest BCUT2D eigenvalue weighted by molar-refractivity contribution is 7.99. The highest BCUT2D eigenvalue weighted by atomic mass is 32.2. The minimum atomic E-state index is -0.0281. The normalized spacial score (nSPS) is 16.9. The molecule has 1 fully saturated rings. The average molecular weight is 284 g/mol. The van der Waals surface area contributed by atoms with Crippen LogP contribution in [0.5, 0.6) is 0 Å². The fraction of sp³-hybridized carbons (Fsp3) is 0.846. The van der Waals surface area contributed by atoms with Crippen molar-refractivity contribution in [3.8, 4) is 0 Å². The molecule has 108 valence electrons. The van der Waals surface area contributed by atoms with Gasteiger partial charge < -0.3 is 14.6 Å². The van der Waals surface area contributed by atoms with Crippen LogP contribution < -0.4 is 0 Å². The quantitative estimate of drug-likeness (QED) is 0.773. The summed E-state index contributed by atoms with van der Waals surface area (Å²) < 4.78 is 2.04. The van der Waals surface area contributed by atoms with E-state index in [9.17, 15) is 5.11 Å². The van der Waals surface area contributed by atoms with E-state index in [0.717, 1.165) is 30.4 Å². The first kappa shape index (κ1) is 14.8. The first-order valence-electron chi connectivity index (χ1n) is 7.23. The molecule has 1 N–H and O–H groups in total. The summed E-state index contributed by atoms with van der Waals surface area (Å²) in [6.07, 6.45) is 5.09. The summed E-state index contributed by atoms with van der Waals surface area (Å²) in [5, 5.41) is 18.4. The van der Waals surface area contributed by atoms with Crippen LogP contribution in [0.2, 0.25) is 0 Å². The Bertz CT molecular complexity index is 377. The lowest BCUT2D eigenvalue weighted by atomic mass is 10.1. The summed E-state index contributed by atoms with van der Waals surface area (Å²) in [7, 11) is 0. The van der Waals surface area contributed by atoms with Crippen LogP contribution in [-0.4, -0.2) is 50.2 Å². The molecule has 0 amide bonds. The highest BCUT2D eigenvalue weighted by Crippen LogP contribution is 2.18. The topological polar surface area (TPSA) is 54.2 Å². The number of aromatic nitrogens is 3. The lowest BCUT2D eigenvalue weighted by Gasteiger charge is -2.25. The lowest BCUT2D eigenvalue weighted by Crippen LogP contribution is -2.31. The molecule has 0 aromatic carbocycles. The van der Waals surface area contributed by atoms with Crippen molar-refractivity contribution in [2.45, 2.75) is 50.9 Å². The largest absolute Gasteiger partial charge is 0.388 e. The summed E-state index contributed by atoms with van der Waals surface area (Å²) >= 11 is 1.75. The van der Waals surface area contributed by atoms with Gasteiger partial charge in [-0.2, -0.15) is 0 Å². The van der Waals surface area contributed by atoms with Gasteiger partial charge in [0, 0.05) is 18.8 Å². The van der Waals surface area contributed by atoms with Crippen molar-refractivity contribution < 1.29 is 5.11 Å². The van der Waals surface area contributed by atoms with Crippen molar-refractivity contribution in [2.24, 2.45) is 0 Å². The van der Waals surface area contributed by atoms with Gasteiger partial charge in [0.15, 0.2) is 11.0 Å². The fourth-order valence-electron chi connectivity index (χ4n) is 2.44. The Labute approximate surface area is 119 Å². The third-order valence-electron chi connectivity index (χ3n) is 3.47. The van der Waals surface area contributed by atoms with Gasteiger partial charge in [0.2, 0.25) is 0 Å². The van der Waals surface area contributed by atoms with Crippen LogP contribution in [0.4, 0.5) is 0 Å². The van der Waals surface area contributed by atoms with Gasteiger partial charge in [0.25, 0.3) is 0 Å². The van der Waals surface area contributed by atoms with Crippen LogP contribution in [0.15, 0.2) is 5.16 Å². The zero-order valence-electron chi connectivity index (χ0n) is 11.7. The molecular formula is C13H24N4OS. The smallest absolute Gasteiger partial charge is 0.191 e. The van der Waals surface area contributed by atoms with Gasteiger partial charge in [0.1, 0.15) is 6.61 Å². The van der Waals surface area contributed by atoms with Crippen molar-refractivity contribution in [1.82, 2.24) is 19.7 Å². The Morgan fingerprint density at radius 2 is 1.95 bits per heavy atom. The van der Waals surface area contributed by atoms with Crippen LogP contribution in [0.3, 0.4) is 0 Å². The van der Waals surface area contributed by atoms with Gasteiger partial charge in [-0.15, -0.1) is 10.2 Å². The summed E-state index contributed by atoms with van der Waals surface area (Å²) in [4.78, 5) is 2.53. The zero-order chi connectivity index (χ0) is 13.5. The number of rotatable bonds is 7. The first-order valence-corrected chi connectivity index (χ1v) is 8.21. The maximum atomic E-state index is 9.25. The molecular weight excluding hydrogens is 260 g/mol. The third-order valence-corrected chi connectivity index (χ3v) is 4.42. The Morgan fingerprint density at radius 3 is 2.63 bits per heavy atom. The molecule has 2 heterocycles. The number of likely N-dealkylation sites (tertiary alicyclic amines) is 1. The van der Waals surface area contributed by atoms with Gasteiger partial charge in [-0.1, -0.05) is 25.1 Å². The van der Waals surface area contributed by atoms with Gasteiger partial charge in [-0.05, 0) is 32.4 Å².